The van der Waals surface area contributed by atoms with Crippen molar-refractivity contribution in [3.8, 4) is 23.3 Å². The Hall–Kier alpha value is -8.82. The predicted octanol–water partition coefficient (Wildman–Crippen LogP) is 16.9. The van der Waals surface area contributed by atoms with E-state index in [1.165, 1.54) is 12.8 Å². The van der Waals surface area contributed by atoms with Crippen molar-refractivity contribution in [2.75, 3.05) is 0 Å². The Morgan fingerprint density at radius 1 is 0.527 bits per heavy atom. The third-order valence-electron chi connectivity index (χ3n) is 15.5. The van der Waals surface area contributed by atoms with Crippen molar-refractivity contribution in [3.63, 3.8) is 0 Å². The number of fused-ring (bicyclic) bond motifs is 8. The SMILES string of the molecule is [C-]#[N+]/C(C#N)=C1\C(=C\c2ccc3c(c2)c2cc(-c4ccc5c(c4)c4cc(/C=C6\C(=O)c7ccccc7\C6=C(\C#N)[N+]#[C-])ccc4n5CC(CC)CCCC)ccc2n3CC(CC)CCCC)C(=O)c2ccccc21. The van der Waals surface area contributed by atoms with Gasteiger partial charge in [0, 0.05) is 90.1 Å². The zero-order valence-electron chi connectivity index (χ0n) is 42.4. The number of carbonyl (C=O) groups is 2. The number of benzene rings is 6. The average Bonchev–Trinajstić information content (AvgIpc) is 4.12. The monoisotopic (exact) mass is 964 g/mol. The standard InChI is InChI=1S/C66H56N6O2/c1-7-11-17-41(9-3)39-71-59-27-23-43(33-55-63(57(37-67)69-5)47-19-13-15-21-49(47)65(55)73)31-51(59)53-35-45(25-29-61(53)71)46-26-30-62-54(36-46)52-32-44(24-28-60(52)72(62)40-42(10-4)18-12-8-2)34-56-64(58(38-68)70-6)48-20-14-16-22-50(48)66(56)74/h13-16,19-36,41-42H,7-12,17-18,39-40H2,1-4H3/b55-33-,56-34-,63-57-,64-58+. The summed E-state index contributed by atoms with van der Waals surface area (Å²) in [5, 5.41) is 24.4. The van der Waals surface area contributed by atoms with Crippen LogP contribution in [0.4, 0.5) is 0 Å². The molecule has 2 atom stereocenters. The molecule has 8 aromatic rings. The molecule has 0 amide bonds. The highest BCUT2D eigenvalue weighted by Crippen LogP contribution is 2.44. The predicted molar refractivity (Wildman–Crippen MR) is 300 cm³/mol. The summed E-state index contributed by atoms with van der Waals surface area (Å²) >= 11 is 0. The molecule has 0 radical (unpaired) electrons. The van der Waals surface area contributed by atoms with E-state index in [4.69, 9.17) is 13.1 Å². The molecule has 2 aliphatic rings. The van der Waals surface area contributed by atoms with Crippen LogP contribution in [0, 0.1) is 47.6 Å². The van der Waals surface area contributed by atoms with E-state index < -0.39 is 0 Å². The molecule has 0 saturated heterocycles. The van der Waals surface area contributed by atoms with Crippen molar-refractivity contribution >= 4 is 78.5 Å². The fourth-order valence-corrected chi connectivity index (χ4v) is 11.5. The number of hydrogen-bond acceptors (Lipinski definition) is 4. The molecule has 0 N–H and O–H groups in total. The maximum absolute atomic E-state index is 14.0. The van der Waals surface area contributed by atoms with E-state index in [-0.39, 0.29) is 23.0 Å². The van der Waals surface area contributed by atoms with Crippen LogP contribution in [-0.2, 0) is 13.1 Å². The fourth-order valence-electron chi connectivity index (χ4n) is 11.5. The van der Waals surface area contributed by atoms with Gasteiger partial charge in [0.25, 0.3) is 11.4 Å². The van der Waals surface area contributed by atoms with Crippen LogP contribution >= 0.6 is 0 Å². The second-order valence-corrected chi connectivity index (χ2v) is 19.8. The zero-order valence-corrected chi connectivity index (χ0v) is 42.4. The Kier molecular flexibility index (Phi) is 13.7. The van der Waals surface area contributed by atoms with Gasteiger partial charge in [0.05, 0.1) is 25.3 Å². The van der Waals surface area contributed by atoms with Gasteiger partial charge in [-0.1, -0.05) is 139 Å². The maximum Gasteiger partial charge on any atom is 0.270 e. The summed E-state index contributed by atoms with van der Waals surface area (Å²) in [6.45, 7) is 26.4. The van der Waals surface area contributed by atoms with E-state index in [2.05, 4.69) is 119 Å². The molecule has 0 fully saturated rings. The van der Waals surface area contributed by atoms with Crippen LogP contribution in [0.5, 0.6) is 0 Å². The van der Waals surface area contributed by atoms with E-state index in [9.17, 15) is 20.1 Å². The zero-order chi connectivity index (χ0) is 51.6. The lowest BCUT2D eigenvalue weighted by molar-refractivity contribution is 0.103. The van der Waals surface area contributed by atoms with Crippen molar-refractivity contribution in [2.24, 2.45) is 11.8 Å². The Balaban J connectivity index is 1.14. The summed E-state index contributed by atoms with van der Waals surface area (Å²) in [5.41, 5.74) is 11.7. The lowest BCUT2D eigenvalue weighted by atomic mass is 9.98. The van der Waals surface area contributed by atoms with E-state index in [1.807, 2.05) is 60.7 Å². The highest BCUT2D eigenvalue weighted by atomic mass is 16.1. The summed E-state index contributed by atoms with van der Waals surface area (Å²) < 4.78 is 4.93. The topological polar surface area (TPSA) is 100 Å². The first-order chi connectivity index (χ1) is 36.2. The molecule has 2 heterocycles. The van der Waals surface area contributed by atoms with Crippen molar-refractivity contribution in [3.05, 3.63) is 200 Å². The van der Waals surface area contributed by atoms with Gasteiger partial charge in [-0.15, -0.1) is 0 Å². The van der Waals surface area contributed by atoms with E-state index in [0.29, 0.717) is 56.4 Å². The molecule has 362 valence electrons. The molecular formula is C66H56N6O2. The summed E-state index contributed by atoms with van der Waals surface area (Å²) in [5.74, 6) is 0.599. The first-order valence-corrected chi connectivity index (χ1v) is 26.1. The van der Waals surface area contributed by atoms with E-state index >= 15 is 0 Å². The maximum atomic E-state index is 14.0. The summed E-state index contributed by atoms with van der Waals surface area (Å²) in [4.78, 5) is 35.1. The largest absolute Gasteiger partial charge is 0.340 e. The normalized spacial score (nSPS) is 16.4. The number of aromatic nitrogens is 2. The molecule has 2 aliphatic carbocycles. The molecule has 0 saturated carbocycles. The second kappa shape index (κ2) is 20.7. The van der Waals surface area contributed by atoms with Crippen molar-refractivity contribution < 1.29 is 9.59 Å². The van der Waals surface area contributed by atoms with E-state index in [0.717, 1.165) is 117 Å². The van der Waals surface area contributed by atoms with Crippen LogP contribution in [-0.4, -0.2) is 20.7 Å². The molecule has 2 aromatic heterocycles. The van der Waals surface area contributed by atoms with Gasteiger partial charge in [-0.2, -0.15) is 0 Å². The number of allylic oxidation sites excluding steroid dienone is 6. The first-order valence-electron chi connectivity index (χ1n) is 26.1. The number of rotatable bonds is 15. The molecule has 8 heteroatoms. The van der Waals surface area contributed by atoms with Crippen LogP contribution in [0.25, 0.3) is 87.7 Å². The average molecular weight is 965 g/mol. The third kappa shape index (κ3) is 8.53. The summed E-state index contributed by atoms with van der Waals surface area (Å²) in [7, 11) is 0. The fraction of sp³-hybridized carbons (Fsp3) is 0.242. The number of unbranched alkanes of at least 4 members (excludes halogenated alkanes) is 2. The van der Waals surface area contributed by atoms with Crippen molar-refractivity contribution in [2.45, 2.75) is 92.2 Å². The lowest BCUT2D eigenvalue weighted by Gasteiger charge is -2.18. The molecule has 8 nitrogen and oxygen atoms in total. The number of nitriles is 2. The van der Waals surface area contributed by atoms with Gasteiger partial charge in [0.15, 0.2) is 11.6 Å². The summed E-state index contributed by atoms with van der Waals surface area (Å²) in [6, 6.07) is 44.8. The van der Waals surface area contributed by atoms with Crippen LogP contribution < -0.4 is 0 Å². The smallest absolute Gasteiger partial charge is 0.270 e. The van der Waals surface area contributed by atoms with Gasteiger partial charge < -0.3 is 9.13 Å². The molecule has 74 heavy (non-hydrogen) atoms. The minimum atomic E-state index is -0.197. The van der Waals surface area contributed by atoms with Gasteiger partial charge in [-0.25, -0.2) is 20.2 Å². The minimum absolute atomic E-state index is 0.100. The van der Waals surface area contributed by atoms with E-state index in [1.54, 1.807) is 12.1 Å². The first kappa shape index (κ1) is 48.8. The van der Waals surface area contributed by atoms with Gasteiger partial charge in [-0.05, 0) is 119 Å². The molecule has 0 spiro atoms. The van der Waals surface area contributed by atoms with Gasteiger partial charge in [0.2, 0.25) is 0 Å². The number of carbonyl (C=O) groups excluding carboxylic acids is 2. The number of ketones is 2. The highest BCUT2D eigenvalue weighted by molar-refractivity contribution is 6.31. The van der Waals surface area contributed by atoms with Crippen molar-refractivity contribution in [1.29, 1.82) is 10.5 Å². The number of hydrogen-bond donors (Lipinski definition) is 0. The second-order valence-electron chi connectivity index (χ2n) is 19.8. The molecule has 2 unspecified atom stereocenters. The Morgan fingerprint density at radius 2 is 0.892 bits per heavy atom. The van der Waals surface area contributed by atoms with Gasteiger partial charge >= 0.3 is 0 Å². The minimum Gasteiger partial charge on any atom is -0.340 e. The lowest BCUT2D eigenvalue weighted by Crippen LogP contribution is -2.10. The number of nitrogens with zero attached hydrogens (tertiary/aromatic N) is 6. The molecular weight excluding hydrogens is 909 g/mol. The van der Waals surface area contributed by atoms with Crippen LogP contribution in [0.1, 0.15) is 122 Å². The molecule has 0 aliphatic heterocycles. The van der Waals surface area contributed by atoms with Gasteiger partial charge in [-0.3, -0.25) is 9.59 Å². The number of Topliss-reactive ketones (excluding diaryl/α,β-unsaturated/α-hetero) is 2. The molecule has 6 aromatic carbocycles. The molecule has 10 rings (SSSR count). The van der Waals surface area contributed by atoms with Gasteiger partial charge in [0.1, 0.15) is 0 Å². The van der Waals surface area contributed by atoms with Crippen LogP contribution in [0.3, 0.4) is 0 Å². The Morgan fingerprint density at radius 3 is 1.24 bits per heavy atom. The molecule has 0 bridgehead atoms. The highest BCUT2D eigenvalue weighted by Gasteiger charge is 2.33. The van der Waals surface area contributed by atoms with Crippen LogP contribution in [0.2, 0.25) is 0 Å². The van der Waals surface area contributed by atoms with Crippen LogP contribution in [0.15, 0.2) is 144 Å². The Labute approximate surface area is 433 Å². The quantitative estimate of drug-likeness (QED) is 0.0580. The Bertz CT molecular complexity index is 3660. The van der Waals surface area contributed by atoms with Crippen molar-refractivity contribution in [1.82, 2.24) is 9.13 Å². The summed E-state index contributed by atoms with van der Waals surface area (Å²) in [6.07, 6.45) is 12.7. The third-order valence-corrected chi connectivity index (χ3v) is 15.5.